The van der Waals surface area contributed by atoms with Crippen LogP contribution in [0.1, 0.15) is 71.5 Å². The zero-order valence-electron chi connectivity index (χ0n) is 21.4. The van der Waals surface area contributed by atoms with E-state index in [0.717, 1.165) is 32.1 Å². The van der Waals surface area contributed by atoms with Crippen molar-refractivity contribution in [1.29, 1.82) is 0 Å². The van der Waals surface area contributed by atoms with E-state index in [1.807, 2.05) is 0 Å². The minimum atomic E-state index is -1.04. The number of benzene rings is 2. The van der Waals surface area contributed by atoms with E-state index in [-0.39, 0.29) is 23.5 Å². The lowest BCUT2D eigenvalue weighted by Crippen LogP contribution is -2.47. The summed E-state index contributed by atoms with van der Waals surface area (Å²) in [5, 5.41) is 3.17. The van der Waals surface area contributed by atoms with E-state index in [1.165, 1.54) is 32.3 Å². The number of carbonyl (C=O) groups excluding carboxylic acids is 3. The lowest BCUT2D eigenvalue weighted by atomic mass is 9.94. The van der Waals surface area contributed by atoms with Crippen LogP contribution in [-0.2, 0) is 4.79 Å². The summed E-state index contributed by atoms with van der Waals surface area (Å²) in [7, 11) is 3.05. The van der Waals surface area contributed by atoms with Crippen LogP contribution < -0.4 is 19.7 Å². The number of furan rings is 1. The van der Waals surface area contributed by atoms with E-state index in [9.17, 15) is 14.4 Å². The molecule has 1 aliphatic rings. The first-order valence-corrected chi connectivity index (χ1v) is 12.4. The monoisotopic (exact) mass is 504 g/mol. The van der Waals surface area contributed by atoms with Gasteiger partial charge in [-0.05, 0) is 73.9 Å². The van der Waals surface area contributed by atoms with Crippen LogP contribution in [0.15, 0.2) is 65.3 Å². The van der Waals surface area contributed by atoms with E-state index in [1.54, 1.807) is 54.6 Å². The Morgan fingerprint density at radius 2 is 1.65 bits per heavy atom. The predicted octanol–water partition coefficient (Wildman–Crippen LogP) is 5.34. The molecule has 1 fully saturated rings. The summed E-state index contributed by atoms with van der Waals surface area (Å²) in [6, 6.07) is 14.0. The summed E-state index contributed by atoms with van der Waals surface area (Å²) in [4.78, 5) is 41.1. The van der Waals surface area contributed by atoms with Crippen molar-refractivity contribution in [2.75, 3.05) is 19.1 Å². The van der Waals surface area contributed by atoms with Gasteiger partial charge in [0.15, 0.2) is 23.0 Å². The number of carbonyl (C=O) groups is 3. The van der Waals surface area contributed by atoms with Crippen molar-refractivity contribution >= 4 is 23.3 Å². The Morgan fingerprint density at radius 3 is 2.24 bits per heavy atom. The summed E-state index contributed by atoms with van der Waals surface area (Å²) < 4.78 is 16.3. The van der Waals surface area contributed by atoms with Crippen LogP contribution >= 0.6 is 0 Å². The molecule has 0 spiro atoms. The van der Waals surface area contributed by atoms with Crippen molar-refractivity contribution in [2.24, 2.45) is 0 Å². The molecule has 194 valence electrons. The van der Waals surface area contributed by atoms with E-state index < -0.39 is 11.9 Å². The Balaban J connectivity index is 1.84. The Kier molecular flexibility index (Phi) is 8.28. The van der Waals surface area contributed by atoms with Crippen molar-refractivity contribution in [3.63, 3.8) is 0 Å². The van der Waals surface area contributed by atoms with E-state index in [2.05, 4.69) is 5.32 Å². The van der Waals surface area contributed by atoms with Crippen LogP contribution in [-0.4, -0.2) is 37.9 Å². The first kappa shape index (κ1) is 26.0. The number of hydrogen-bond acceptors (Lipinski definition) is 6. The third-order valence-electron chi connectivity index (χ3n) is 6.68. The van der Waals surface area contributed by atoms with Crippen molar-refractivity contribution in [2.45, 2.75) is 51.1 Å². The maximum atomic E-state index is 14.0. The van der Waals surface area contributed by atoms with Gasteiger partial charge in [0.2, 0.25) is 5.91 Å². The van der Waals surface area contributed by atoms with Crippen LogP contribution in [0.5, 0.6) is 11.5 Å². The zero-order chi connectivity index (χ0) is 26.4. The predicted molar refractivity (Wildman–Crippen MR) is 139 cm³/mol. The van der Waals surface area contributed by atoms with Crippen molar-refractivity contribution in [3.05, 3.63) is 77.7 Å². The molecule has 0 radical (unpaired) electrons. The number of amides is 2. The minimum Gasteiger partial charge on any atom is -0.493 e. The van der Waals surface area contributed by atoms with E-state index in [4.69, 9.17) is 13.9 Å². The second-order valence-corrected chi connectivity index (χ2v) is 9.12. The fraction of sp³-hybridized carbons (Fsp3) is 0.345. The van der Waals surface area contributed by atoms with Gasteiger partial charge >= 0.3 is 0 Å². The number of Topliss-reactive ketones (excluding diaryl/α,β-unsaturated/α-hetero) is 1. The molecule has 1 aromatic heterocycles. The lowest BCUT2D eigenvalue weighted by molar-refractivity contribution is -0.123. The third kappa shape index (κ3) is 5.85. The molecule has 2 amide bonds. The molecule has 0 saturated heterocycles. The van der Waals surface area contributed by atoms with Crippen molar-refractivity contribution in [3.8, 4) is 11.5 Å². The second kappa shape index (κ2) is 11.8. The van der Waals surface area contributed by atoms with Crippen LogP contribution in [0.3, 0.4) is 0 Å². The average molecular weight is 505 g/mol. The summed E-state index contributed by atoms with van der Waals surface area (Å²) in [5.41, 5.74) is 1.50. The highest BCUT2D eigenvalue weighted by Crippen LogP contribution is 2.36. The molecular weight excluding hydrogens is 472 g/mol. The first-order chi connectivity index (χ1) is 17.9. The molecule has 0 bridgehead atoms. The Hall–Kier alpha value is -4.07. The third-order valence-corrected chi connectivity index (χ3v) is 6.68. The lowest BCUT2D eigenvalue weighted by Gasteiger charge is -2.33. The molecule has 1 aliphatic carbocycles. The SMILES string of the molecule is COc1ccc(C(C(=O)NC2CCCCC2)N(C(=O)c2ccco2)c2ccc(C(C)=O)cc2)cc1OC. The van der Waals surface area contributed by atoms with Crippen molar-refractivity contribution < 1.29 is 28.3 Å². The highest BCUT2D eigenvalue weighted by atomic mass is 16.5. The Labute approximate surface area is 216 Å². The fourth-order valence-corrected chi connectivity index (χ4v) is 4.73. The fourth-order valence-electron chi connectivity index (χ4n) is 4.73. The first-order valence-electron chi connectivity index (χ1n) is 12.4. The number of anilines is 1. The molecule has 1 unspecified atom stereocenters. The molecule has 8 heteroatoms. The number of ketones is 1. The van der Waals surface area contributed by atoms with Crippen molar-refractivity contribution in [1.82, 2.24) is 5.32 Å². The molecule has 1 atom stereocenters. The molecule has 3 aromatic rings. The van der Waals surface area contributed by atoms with Gasteiger partial charge in [-0.25, -0.2) is 0 Å². The molecule has 4 rings (SSSR count). The molecule has 2 aromatic carbocycles. The number of ether oxygens (including phenoxy) is 2. The second-order valence-electron chi connectivity index (χ2n) is 9.12. The van der Waals surface area contributed by atoms with Crippen LogP contribution in [0.2, 0.25) is 0 Å². The van der Waals surface area contributed by atoms with Gasteiger partial charge in [0, 0.05) is 17.3 Å². The van der Waals surface area contributed by atoms with Crippen LogP contribution in [0.25, 0.3) is 0 Å². The summed E-state index contributed by atoms with van der Waals surface area (Å²) in [6.45, 7) is 1.48. The molecule has 1 saturated carbocycles. The number of nitrogens with zero attached hydrogens (tertiary/aromatic N) is 1. The largest absolute Gasteiger partial charge is 0.493 e. The Bertz CT molecular complexity index is 1230. The molecule has 1 heterocycles. The minimum absolute atomic E-state index is 0.0320. The highest BCUT2D eigenvalue weighted by Gasteiger charge is 2.36. The van der Waals surface area contributed by atoms with Gasteiger partial charge in [0.05, 0.1) is 20.5 Å². The maximum absolute atomic E-state index is 14.0. The number of rotatable bonds is 9. The number of hydrogen-bond donors (Lipinski definition) is 1. The number of methoxy groups -OCH3 is 2. The highest BCUT2D eigenvalue weighted by molar-refractivity contribution is 6.09. The maximum Gasteiger partial charge on any atom is 0.294 e. The molecule has 0 aliphatic heterocycles. The van der Waals surface area contributed by atoms with Gasteiger partial charge in [-0.15, -0.1) is 0 Å². The number of nitrogens with one attached hydrogen (secondary N) is 1. The molecule has 1 N–H and O–H groups in total. The smallest absolute Gasteiger partial charge is 0.294 e. The molecule has 37 heavy (non-hydrogen) atoms. The quantitative estimate of drug-likeness (QED) is 0.395. The summed E-state index contributed by atoms with van der Waals surface area (Å²) >= 11 is 0. The van der Waals surface area contributed by atoms with E-state index in [0.29, 0.717) is 28.3 Å². The molecular formula is C29H32N2O6. The van der Waals surface area contributed by atoms with Gasteiger partial charge in [-0.3, -0.25) is 19.3 Å². The van der Waals surface area contributed by atoms with Crippen LogP contribution in [0.4, 0.5) is 5.69 Å². The van der Waals surface area contributed by atoms with Gasteiger partial charge in [-0.2, -0.15) is 0 Å². The van der Waals surface area contributed by atoms with Gasteiger partial charge in [0.1, 0.15) is 6.04 Å². The standard InChI is InChI=1S/C29H32N2O6/c1-19(32)20-11-14-23(15-12-20)31(29(34)25-10-7-17-37-25)27(28(33)30-22-8-5-4-6-9-22)21-13-16-24(35-2)26(18-21)36-3/h7,10-18,22,27H,4-6,8-9H2,1-3H3,(H,30,33). The van der Waals surface area contributed by atoms with Gasteiger partial charge in [0.25, 0.3) is 5.91 Å². The van der Waals surface area contributed by atoms with Crippen LogP contribution in [0, 0.1) is 0 Å². The van der Waals surface area contributed by atoms with E-state index >= 15 is 0 Å². The van der Waals surface area contributed by atoms with Gasteiger partial charge < -0.3 is 19.2 Å². The summed E-state index contributed by atoms with van der Waals surface area (Å²) in [6.07, 6.45) is 6.45. The normalized spacial score (nSPS) is 14.5. The average Bonchev–Trinajstić information content (AvgIpc) is 3.47. The molecule has 8 nitrogen and oxygen atoms in total. The van der Waals surface area contributed by atoms with Gasteiger partial charge in [-0.1, -0.05) is 25.3 Å². The zero-order valence-corrected chi connectivity index (χ0v) is 21.4. The Morgan fingerprint density at radius 1 is 0.946 bits per heavy atom. The summed E-state index contributed by atoms with van der Waals surface area (Å²) in [5.74, 6) is 0.141. The topological polar surface area (TPSA) is 98.1 Å².